The standard InChI is InChI=1S/C12H18N4O2S/c1-9-13-14-10(19-9)6-16-5-3-4-12(8-16)7-15(2)11(17)18-12/h3-8H2,1-2H3/t12-/m0/s1. The lowest BCUT2D eigenvalue weighted by Crippen LogP contribution is -2.50. The third-order valence-corrected chi connectivity index (χ3v) is 4.51. The zero-order valence-electron chi connectivity index (χ0n) is 11.3. The summed E-state index contributed by atoms with van der Waals surface area (Å²) in [7, 11) is 1.80. The van der Waals surface area contributed by atoms with Crippen LogP contribution < -0.4 is 0 Å². The molecule has 2 aliphatic heterocycles. The number of hydrogen-bond donors (Lipinski definition) is 0. The molecule has 19 heavy (non-hydrogen) atoms. The van der Waals surface area contributed by atoms with E-state index >= 15 is 0 Å². The Balaban J connectivity index is 1.67. The van der Waals surface area contributed by atoms with Gasteiger partial charge in [-0.2, -0.15) is 0 Å². The van der Waals surface area contributed by atoms with Crippen molar-refractivity contribution >= 4 is 17.4 Å². The number of piperidine rings is 1. The van der Waals surface area contributed by atoms with Crippen molar-refractivity contribution in [2.24, 2.45) is 0 Å². The van der Waals surface area contributed by atoms with Crippen LogP contribution in [0.5, 0.6) is 0 Å². The first kappa shape index (κ1) is 12.8. The van der Waals surface area contributed by atoms with Crippen molar-refractivity contribution in [2.45, 2.75) is 31.9 Å². The van der Waals surface area contributed by atoms with Crippen LogP contribution in [0.3, 0.4) is 0 Å². The van der Waals surface area contributed by atoms with Gasteiger partial charge in [0.05, 0.1) is 13.1 Å². The SMILES string of the molecule is Cc1nnc(CN2CCC[C@@]3(C2)CN(C)C(=O)O3)s1. The van der Waals surface area contributed by atoms with E-state index in [2.05, 4.69) is 15.1 Å². The highest BCUT2D eigenvalue weighted by Crippen LogP contribution is 2.32. The first-order valence-corrected chi connectivity index (χ1v) is 7.33. The van der Waals surface area contributed by atoms with E-state index in [9.17, 15) is 4.79 Å². The van der Waals surface area contributed by atoms with Crippen LogP contribution in [0, 0.1) is 6.92 Å². The molecule has 1 aromatic heterocycles. The van der Waals surface area contributed by atoms with Crippen LogP contribution in [0.4, 0.5) is 4.79 Å². The van der Waals surface area contributed by atoms with Gasteiger partial charge in [0.15, 0.2) is 0 Å². The highest BCUT2D eigenvalue weighted by Gasteiger charge is 2.46. The van der Waals surface area contributed by atoms with Gasteiger partial charge in [-0.05, 0) is 26.3 Å². The molecule has 104 valence electrons. The highest BCUT2D eigenvalue weighted by atomic mass is 32.1. The average Bonchev–Trinajstić information content (AvgIpc) is 2.85. The van der Waals surface area contributed by atoms with Gasteiger partial charge in [-0.3, -0.25) is 4.90 Å². The highest BCUT2D eigenvalue weighted by molar-refractivity contribution is 7.11. The minimum atomic E-state index is -0.316. The Morgan fingerprint density at radius 1 is 1.42 bits per heavy atom. The molecule has 0 aromatic carbocycles. The monoisotopic (exact) mass is 282 g/mol. The summed E-state index contributed by atoms with van der Waals surface area (Å²) in [5.74, 6) is 0. The minimum absolute atomic E-state index is 0.200. The van der Waals surface area contributed by atoms with Crippen molar-refractivity contribution in [3.05, 3.63) is 10.0 Å². The fourth-order valence-corrected chi connectivity index (χ4v) is 3.67. The molecular weight excluding hydrogens is 264 g/mol. The van der Waals surface area contributed by atoms with Crippen LogP contribution in [-0.4, -0.2) is 58.4 Å². The molecule has 2 aliphatic rings. The zero-order chi connectivity index (χ0) is 13.5. The Labute approximate surface area is 116 Å². The number of rotatable bonds is 2. The van der Waals surface area contributed by atoms with Crippen molar-refractivity contribution < 1.29 is 9.53 Å². The maximum atomic E-state index is 11.6. The van der Waals surface area contributed by atoms with E-state index in [0.29, 0.717) is 6.54 Å². The Kier molecular flexibility index (Phi) is 3.18. The molecule has 1 aromatic rings. The van der Waals surface area contributed by atoms with E-state index in [-0.39, 0.29) is 11.7 Å². The molecule has 3 heterocycles. The van der Waals surface area contributed by atoms with Crippen molar-refractivity contribution in [3.8, 4) is 0 Å². The van der Waals surface area contributed by atoms with Gasteiger partial charge in [-0.15, -0.1) is 21.5 Å². The van der Waals surface area contributed by atoms with E-state index in [1.807, 2.05) is 6.92 Å². The first-order valence-electron chi connectivity index (χ1n) is 6.52. The molecule has 1 spiro atoms. The summed E-state index contributed by atoms with van der Waals surface area (Å²) in [4.78, 5) is 15.6. The molecule has 0 N–H and O–H groups in total. The second-order valence-corrected chi connectivity index (χ2v) is 6.70. The lowest BCUT2D eigenvalue weighted by Gasteiger charge is -2.37. The number of aryl methyl sites for hydroxylation is 1. The van der Waals surface area contributed by atoms with Crippen LogP contribution in [0.2, 0.25) is 0 Å². The largest absolute Gasteiger partial charge is 0.440 e. The van der Waals surface area contributed by atoms with Crippen LogP contribution in [0.1, 0.15) is 22.9 Å². The summed E-state index contributed by atoms with van der Waals surface area (Å²) in [6.45, 7) is 5.28. The summed E-state index contributed by atoms with van der Waals surface area (Å²) in [6.07, 6.45) is 1.81. The van der Waals surface area contributed by atoms with E-state index in [4.69, 9.17) is 4.74 Å². The fraction of sp³-hybridized carbons (Fsp3) is 0.750. The number of carbonyl (C=O) groups is 1. The molecule has 0 saturated carbocycles. The van der Waals surface area contributed by atoms with Gasteiger partial charge in [0.1, 0.15) is 15.6 Å². The van der Waals surface area contributed by atoms with E-state index in [1.165, 1.54) is 0 Å². The van der Waals surface area contributed by atoms with Crippen molar-refractivity contribution in [2.75, 3.05) is 26.7 Å². The quantitative estimate of drug-likeness (QED) is 0.817. The van der Waals surface area contributed by atoms with Gasteiger partial charge in [0.25, 0.3) is 0 Å². The fourth-order valence-electron chi connectivity index (χ4n) is 2.92. The zero-order valence-corrected chi connectivity index (χ0v) is 12.1. The van der Waals surface area contributed by atoms with Crippen LogP contribution >= 0.6 is 11.3 Å². The Bertz CT molecular complexity index is 492. The summed E-state index contributed by atoms with van der Waals surface area (Å²) < 4.78 is 5.59. The Morgan fingerprint density at radius 3 is 2.89 bits per heavy atom. The van der Waals surface area contributed by atoms with Gasteiger partial charge in [-0.1, -0.05) is 0 Å². The molecule has 1 amide bonds. The summed E-state index contributed by atoms with van der Waals surface area (Å²) in [6, 6.07) is 0. The van der Waals surface area contributed by atoms with Gasteiger partial charge in [0, 0.05) is 13.6 Å². The van der Waals surface area contributed by atoms with Gasteiger partial charge in [0.2, 0.25) is 0 Å². The van der Waals surface area contributed by atoms with Gasteiger partial charge in [-0.25, -0.2) is 4.79 Å². The number of amides is 1. The molecule has 0 aliphatic carbocycles. The van der Waals surface area contributed by atoms with Crippen molar-refractivity contribution in [3.63, 3.8) is 0 Å². The first-order chi connectivity index (χ1) is 9.06. The molecule has 0 radical (unpaired) electrons. The molecule has 6 nitrogen and oxygen atoms in total. The van der Waals surface area contributed by atoms with Gasteiger partial charge < -0.3 is 9.64 Å². The molecule has 0 unspecified atom stereocenters. The van der Waals surface area contributed by atoms with E-state index < -0.39 is 0 Å². The smallest absolute Gasteiger partial charge is 0.410 e. The predicted molar refractivity (Wildman–Crippen MR) is 71.0 cm³/mol. The summed E-state index contributed by atoms with van der Waals surface area (Å²) in [5, 5.41) is 10.2. The lowest BCUT2D eigenvalue weighted by molar-refractivity contribution is -0.0114. The van der Waals surface area contributed by atoms with Crippen molar-refractivity contribution in [1.29, 1.82) is 0 Å². The Hall–Kier alpha value is -1.21. The molecular formula is C12H18N4O2S. The maximum Gasteiger partial charge on any atom is 0.410 e. The molecule has 0 bridgehead atoms. The third-order valence-electron chi connectivity index (χ3n) is 3.69. The second kappa shape index (κ2) is 4.72. The van der Waals surface area contributed by atoms with Crippen molar-refractivity contribution in [1.82, 2.24) is 20.0 Å². The number of likely N-dealkylation sites (tertiary alicyclic amines) is 1. The molecule has 1 atom stereocenters. The van der Waals surface area contributed by atoms with Crippen LogP contribution in [0.25, 0.3) is 0 Å². The summed E-state index contributed by atoms with van der Waals surface area (Å²) in [5.41, 5.74) is -0.316. The molecule has 2 fully saturated rings. The number of aromatic nitrogens is 2. The Morgan fingerprint density at radius 2 is 2.26 bits per heavy atom. The number of carbonyl (C=O) groups excluding carboxylic acids is 1. The maximum absolute atomic E-state index is 11.6. The number of ether oxygens (including phenoxy) is 1. The summed E-state index contributed by atoms with van der Waals surface area (Å²) >= 11 is 1.63. The third kappa shape index (κ3) is 2.57. The molecule has 7 heteroatoms. The predicted octanol–water partition coefficient (Wildman–Crippen LogP) is 1.26. The van der Waals surface area contributed by atoms with Crippen LogP contribution in [-0.2, 0) is 11.3 Å². The van der Waals surface area contributed by atoms with E-state index in [1.54, 1.807) is 23.3 Å². The van der Waals surface area contributed by atoms with Gasteiger partial charge >= 0.3 is 6.09 Å². The normalized spacial score (nSPS) is 28.1. The number of nitrogens with zero attached hydrogens (tertiary/aromatic N) is 4. The van der Waals surface area contributed by atoms with Crippen LogP contribution in [0.15, 0.2) is 0 Å². The molecule has 3 rings (SSSR count). The average molecular weight is 282 g/mol. The number of likely N-dealkylation sites (N-methyl/N-ethyl adjacent to an activating group) is 1. The number of hydrogen-bond acceptors (Lipinski definition) is 6. The molecule has 2 saturated heterocycles. The van der Waals surface area contributed by atoms with E-state index in [0.717, 1.165) is 42.5 Å². The lowest BCUT2D eigenvalue weighted by atomic mass is 9.93. The minimum Gasteiger partial charge on any atom is -0.440 e. The second-order valence-electron chi connectivity index (χ2n) is 5.44. The topological polar surface area (TPSA) is 58.6 Å².